The van der Waals surface area contributed by atoms with Gasteiger partial charge in [0, 0.05) is 0 Å². The molecule has 48 valence electrons. The summed E-state index contributed by atoms with van der Waals surface area (Å²) in [6, 6.07) is 0. The first-order chi connectivity index (χ1) is 3.55. The Morgan fingerprint density at radius 2 is 2.00 bits per heavy atom. The summed E-state index contributed by atoms with van der Waals surface area (Å²) in [6.45, 7) is 3.54. The Balaban J connectivity index is 3.64. The zero-order chi connectivity index (χ0) is 6.73. The van der Waals surface area contributed by atoms with E-state index in [1.54, 1.807) is 13.8 Å². The van der Waals surface area contributed by atoms with Gasteiger partial charge in [0.2, 0.25) is 0 Å². The van der Waals surface area contributed by atoms with Crippen LogP contribution in [0.3, 0.4) is 0 Å². The van der Waals surface area contributed by atoms with Gasteiger partial charge in [0.25, 0.3) is 0 Å². The molecule has 1 atom stereocenters. The Hall–Kier alpha value is -0.240. The highest BCUT2D eigenvalue weighted by molar-refractivity contribution is 6.29. The molecule has 2 nitrogen and oxygen atoms in total. The molecule has 0 amide bonds. The van der Waals surface area contributed by atoms with E-state index in [-0.39, 0.29) is 5.92 Å². The molecular weight excluding hydrogens is 128 g/mol. The maximum Gasteiger partial charge on any atom is 0.321 e. The van der Waals surface area contributed by atoms with Gasteiger partial charge in [-0.1, -0.05) is 13.8 Å². The zero-order valence-corrected chi connectivity index (χ0v) is 5.64. The lowest BCUT2D eigenvalue weighted by molar-refractivity contribution is -0.137. The number of hydrogen-bond donors (Lipinski definition) is 1. The van der Waals surface area contributed by atoms with Crippen LogP contribution in [-0.2, 0) is 4.79 Å². The van der Waals surface area contributed by atoms with Crippen molar-refractivity contribution < 1.29 is 9.90 Å². The van der Waals surface area contributed by atoms with Crippen LogP contribution in [0.25, 0.3) is 0 Å². The standard InChI is InChI=1S/C5H9ClO2/c1-3(2)4(6)5(7)8/h3-4H,1-2H3,(H,7,8)/t4-/m0/s1. The van der Waals surface area contributed by atoms with E-state index in [4.69, 9.17) is 16.7 Å². The van der Waals surface area contributed by atoms with Crippen molar-refractivity contribution in [2.24, 2.45) is 5.92 Å². The molecule has 0 unspecified atom stereocenters. The second-order valence-electron chi connectivity index (χ2n) is 1.98. The molecule has 0 bridgehead atoms. The molecular formula is C5H9ClO2. The Bertz CT molecular complexity index is 90.4. The highest BCUT2D eigenvalue weighted by Crippen LogP contribution is 2.08. The number of carbonyl (C=O) groups is 1. The van der Waals surface area contributed by atoms with E-state index in [2.05, 4.69) is 0 Å². The Morgan fingerprint density at radius 3 is 2.00 bits per heavy atom. The number of carboxylic acid groups (broad SMARTS) is 1. The quantitative estimate of drug-likeness (QED) is 0.582. The van der Waals surface area contributed by atoms with Crippen molar-refractivity contribution in [2.75, 3.05) is 0 Å². The minimum atomic E-state index is -0.943. The van der Waals surface area contributed by atoms with Crippen LogP contribution in [0.1, 0.15) is 13.8 Å². The molecule has 0 spiro atoms. The first-order valence-corrected chi connectivity index (χ1v) is 2.86. The van der Waals surface area contributed by atoms with Crippen LogP contribution in [0.4, 0.5) is 0 Å². The number of hydrogen-bond acceptors (Lipinski definition) is 1. The second kappa shape index (κ2) is 2.92. The maximum absolute atomic E-state index is 10.0. The molecule has 0 heterocycles. The van der Waals surface area contributed by atoms with Crippen molar-refractivity contribution >= 4 is 17.6 Å². The smallest absolute Gasteiger partial charge is 0.321 e. The Kier molecular flexibility index (Phi) is 2.84. The Morgan fingerprint density at radius 1 is 1.62 bits per heavy atom. The average Bonchev–Trinajstić information content (AvgIpc) is 1.64. The summed E-state index contributed by atoms with van der Waals surface area (Å²) >= 11 is 5.35. The van der Waals surface area contributed by atoms with Gasteiger partial charge in [-0.25, -0.2) is 0 Å². The molecule has 0 fully saturated rings. The summed E-state index contributed by atoms with van der Waals surface area (Å²) in [6.07, 6.45) is 0. The maximum atomic E-state index is 10.0. The van der Waals surface area contributed by atoms with E-state index in [0.717, 1.165) is 0 Å². The number of carboxylic acids is 1. The van der Waals surface area contributed by atoms with Crippen LogP contribution in [0.15, 0.2) is 0 Å². The third kappa shape index (κ3) is 2.17. The predicted octanol–water partition coefficient (Wildman–Crippen LogP) is 1.33. The minimum absolute atomic E-state index is 0.00849. The van der Waals surface area contributed by atoms with Crippen LogP contribution >= 0.6 is 11.6 Å². The SMILES string of the molecule is CC(C)[C@H](Cl)C(=O)O. The Labute approximate surface area is 53.5 Å². The molecule has 0 aliphatic rings. The monoisotopic (exact) mass is 136 g/mol. The van der Waals surface area contributed by atoms with Crippen molar-refractivity contribution in [3.63, 3.8) is 0 Å². The predicted molar refractivity (Wildman–Crippen MR) is 32.1 cm³/mol. The van der Waals surface area contributed by atoms with Gasteiger partial charge in [0.05, 0.1) is 0 Å². The molecule has 0 saturated carbocycles. The third-order valence-corrected chi connectivity index (χ3v) is 1.51. The zero-order valence-electron chi connectivity index (χ0n) is 4.89. The third-order valence-electron chi connectivity index (χ3n) is 0.821. The molecule has 0 aromatic heterocycles. The van der Waals surface area contributed by atoms with E-state index in [1.165, 1.54) is 0 Å². The van der Waals surface area contributed by atoms with Crippen molar-refractivity contribution in [1.82, 2.24) is 0 Å². The number of aliphatic carboxylic acids is 1. The molecule has 8 heavy (non-hydrogen) atoms. The summed E-state index contributed by atoms with van der Waals surface area (Å²) in [5.41, 5.74) is 0. The van der Waals surface area contributed by atoms with Gasteiger partial charge in [-0.15, -0.1) is 11.6 Å². The normalized spacial score (nSPS) is 14.0. The lowest BCUT2D eigenvalue weighted by Crippen LogP contribution is -2.19. The van der Waals surface area contributed by atoms with E-state index < -0.39 is 11.3 Å². The van der Waals surface area contributed by atoms with Gasteiger partial charge >= 0.3 is 5.97 Å². The molecule has 0 rings (SSSR count). The van der Waals surface area contributed by atoms with Crippen LogP contribution in [-0.4, -0.2) is 16.5 Å². The topological polar surface area (TPSA) is 37.3 Å². The average molecular weight is 137 g/mol. The van der Waals surface area contributed by atoms with Crippen molar-refractivity contribution in [3.8, 4) is 0 Å². The van der Waals surface area contributed by atoms with Crippen LogP contribution in [0.2, 0.25) is 0 Å². The van der Waals surface area contributed by atoms with Gasteiger partial charge in [-0.3, -0.25) is 4.79 Å². The highest BCUT2D eigenvalue weighted by atomic mass is 35.5. The highest BCUT2D eigenvalue weighted by Gasteiger charge is 2.16. The lowest BCUT2D eigenvalue weighted by atomic mass is 10.1. The van der Waals surface area contributed by atoms with Gasteiger partial charge in [0.1, 0.15) is 5.38 Å². The van der Waals surface area contributed by atoms with Gasteiger partial charge < -0.3 is 5.11 Å². The summed E-state index contributed by atoms with van der Waals surface area (Å²) in [4.78, 5) is 10.0. The fourth-order valence-electron chi connectivity index (χ4n) is 0.285. The van der Waals surface area contributed by atoms with E-state index in [9.17, 15) is 4.79 Å². The van der Waals surface area contributed by atoms with Gasteiger partial charge in [-0.2, -0.15) is 0 Å². The number of halogens is 1. The van der Waals surface area contributed by atoms with Crippen LogP contribution in [0.5, 0.6) is 0 Å². The van der Waals surface area contributed by atoms with Crippen LogP contribution < -0.4 is 0 Å². The molecule has 1 N–H and O–H groups in total. The summed E-state index contributed by atoms with van der Waals surface area (Å²) in [5.74, 6) is -0.934. The minimum Gasteiger partial charge on any atom is -0.480 e. The van der Waals surface area contributed by atoms with E-state index in [0.29, 0.717) is 0 Å². The molecule has 0 aliphatic heterocycles. The van der Waals surface area contributed by atoms with Crippen molar-refractivity contribution in [1.29, 1.82) is 0 Å². The number of alkyl halides is 1. The molecule has 0 radical (unpaired) electrons. The fraction of sp³-hybridized carbons (Fsp3) is 0.800. The summed E-state index contributed by atoms with van der Waals surface area (Å²) in [5, 5.41) is 7.48. The van der Waals surface area contributed by atoms with Crippen molar-refractivity contribution in [3.05, 3.63) is 0 Å². The fourth-order valence-corrected chi connectivity index (χ4v) is 0.285. The van der Waals surface area contributed by atoms with E-state index >= 15 is 0 Å². The van der Waals surface area contributed by atoms with Crippen molar-refractivity contribution in [2.45, 2.75) is 19.2 Å². The molecule has 0 aromatic rings. The molecule has 0 aromatic carbocycles. The summed E-state index contributed by atoms with van der Waals surface area (Å²) < 4.78 is 0. The largest absolute Gasteiger partial charge is 0.480 e. The van der Waals surface area contributed by atoms with Crippen LogP contribution in [0, 0.1) is 5.92 Å². The lowest BCUT2D eigenvalue weighted by Gasteiger charge is -2.05. The second-order valence-corrected chi connectivity index (χ2v) is 2.45. The first kappa shape index (κ1) is 7.76. The first-order valence-electron chi connectivity index (χ1n) is 2.42. The van der Waals surface area contributed by atoms with Gasteiger partial charge in [-0.05, 0) is 5.92 Å². The van der Waals surface area contributed by atoms with Gasteiger partial charge in [0.15, 0.2) is 0 Å². The van der Waals surface area contributed by atoms with E-state index in [1.807, 2.05) is 0 Å². The molecule has 0 saturated heterocycles. The number of rotatable bonds is 2. The molecule has 0 aliphatic carbocycles. The summed E-state index contributed by atoms with van der Waals surface area (Å²) in [7, 11) is 0. The molecule has 3 heteroatoms.